The number of ketones is 1. The molecule has 20 heavy (non-hydrogen) atoms. The van der Waals surface area contributed by atoms with Crippen LogP contribution in [0.2, 0.25) is 0 Å². The molecule has 0 heterocycles. The number of methoxy groups -OCH3 is 1. The second kappa shape index (κ2) is 6.43. The van der Waals surface area contributed by atoms with Gasteiger partial charge < -0.3 is 4.74 Å². The number of benzene rings is 2. The molecule has 0 spiro atoms. The Kier molecular flexibility index (Phi) is 4.63. The Labute approximate surface area is 118 Å². The van der Waals surface area contributed by atoms with Crippen molar-refractivity contribution < 1.29 is 18.1 Å². The van der Waals surface area contributed by atoms with Gasteiger partial charge in [0.25, 0.3) is 0 Å². The lowest BCUT2D eigenvalue weighted by atomic mass is 10.1. The molecular formula is C15H13FO3S. The van der Waals surface area contributed by atoms with Gasteiger partial charge in [0, 0.05) is 5.56 Å². The molecule has 2 aromatic rings. The number of ether oxygens (including phenoxy) is 1. The maximum atomic E-state index is 13.1. The molecule has 1 atom stereocenters. The summed E-state index contributed by atoms with van der Waals surface area (Å²) >= 11 is 0. The number of carbonyl (C=O) groups excluding carboxylic acids is 1. The van der Waals surface area contributed by atoms with Gasteiger partial charge in [-0.25, -0.2) is 4.39 Å². The van der Waals surface area contributed by atoms with Crippen LogP contribution in [-0.2, 0) is 10.8 Å². The highest BCUT2D eigenvalue weighted by molar-refractivity contribution is 7.86. The van der Waals surface area contributed by atoms with E-state index >= 15 is 0 Å². The summed E-state index contributed by atoms with van der Waals surface area (Å²) in [6, 6.07) is 12.2. The molecule has 0 bridgehead atoms. The molecule has 0 amide bonds. The van der Waals surface area contributed by atoms with Crippen LogP contribution in [0.4, 0.5) is 4.39 Å². The van der Waals surface area contributed by atoms with Crippen molar-refractivity contribution in [2.45, 2.75) is 4.90 Å². The Morgan fingerprint density at radius 2 is 1.95 bits per heavy atom. The molecule has 0 aliphatic heterocycles. The summed E-state index contributed by atoms with van der Waals surface area (Å²) in [5, 5.41) is 0. The van der Waals surface area contributed by atoms with E-state index in [1.54, 1.807) is 24.3 Å². The largest absolute Gasteiger partial charge is 0.495 e. The Balaban J connectivity index is 2.17. The van der Waals surface area contributed by atoms with Crippen LogP contribution < -0.4 is 4.74 Å². The molecule has 0 aliphatic carbocycles. The molecule has 5 heteroatoms. The number of carbonyl (C=O) groups is 1. The average molecular weight is 292 g/mol. The number of hydrogen-bond acceptors (Lipinski definition) is 3. The van der Waals surface area contributed by atoms with E-state index in [1.807, 2.05) is 0 Å². The summed E-state index contributed by atoms with van der Waals surface area (Å²) in [6.07, 6.45) is 0. The Bertz CT molecular complexity index is 655. The standard InChI is InChI=1S/C15H13FO3S/c1-19-14-7-2-3-8-15(14)20(18)10-13(17)11-5-4-6-12(16)9-11/h2-9H,10H2,1H3. The molecule has 2 aromatic carbocycles. The van der Waals surface area contributed by atoms with Crippen LogP contribution >= 0.6 is 0 Å². The van der Waals surface area contributed by atoms with Crippen LogP contribution in [0.1, 0.15) is 10.4 Å². The van der Waals surface area contributed by atoms with Crippen molar-refractivity contribution in [2.75, 3.05) is 12.9 Å². The maximum Gasteiger partial charge on any atom is 0.175 e. The van der Waals surface area contributed by atoms with Crippen LogP contribution in [0.3, 0.4) is 0 Å². The third-order valence-electron chi connectivity index (χ3n) is 2.72. The zero-order chi connectivity index (χ0) is 14.5. The van der Waals surface area contributed by atoms with Gasteiger partial charge in [0.1, 0.15) is 11.6 Å². The van der Waals surface area contributed by atoms with Gasteiger partial charge in [0.15, 0.2) is 5.78 Å². The van der Waals surface area contributed by atoms with E-state index in [2.05, 4.69) is 0 Å². The minimum Gasteiger partial charge on any atom is -0.495 e. The van der Waals surface area contributed by atoms with E-state index in [-0.39, 0.29) is 17.1 Å². The van der Waals surface area contributed by atoms with Gasteiger partial charge in [0.05, 0.1) is 28.6 Å². The van der Waals surface area contributed by atoms with Crippen molar-refractivity contribution in [3.8, 4) is 5.75 Å². The third kappa shape index (κ3) is 3.30. The number of para-hydroxylation sites is 1. The van der Waals surface area contributed by atoms with Crippen LogP contribution in [-0.4, -0.2) is 22.9 Å². The molecule has 0 radical (unpaired) electrons. The maximum absolute atomic E-state index is 13.1. The summed E-state index contributed by atoms with van der Waals surface area (Å²) in [5.41, 5.74) is 0.216. The Morgan fingerprint density at radius 3 is 2.65 bits per heavy atom. The highest BCUT2D eigenvalue weighted by atomic mass is 32.2. The average Bonchev–Trinajstić information content (AvgIpc) is 2.47. The SMILES string of the molecule is COc1ccccc1S(=O)CC(=O)c1cccc(F)c1. The van der Waals surface area contributed by atoms with Gasteiger partial charge in [0.2, 0.25) is 0 Å². The molecule has 0 aliphatic rings. The van der Waals surface area contributed by atoms with Crippen molar-refractivity contribution in [1.29, 1.82) is 0 Å². The van der Waals surface area contributed by atoms with Gasteiger partial charge in [-0.2, -0.15) is 0 Å². The molecule has 0 aromatic heterocycles. The van der Waals surface area contributed by atoms with Crippen LogP contribution in [0.25, 0.3) is 0 Å². The summed E-state index contributed by atoms with van der Waals surface area (Å²) in [7, 11) is -0.0524. The predicted octanol–water partition coefficient (Wildman–Crippen LogP) is 2.82. The number of rotatable bonds is 5. The number of halogens is 1. The molecule has 0 saturated heterocycles. The normalized spacial score (nSPS) is 11.9. The third-order valence-corrected chi connectivity index (χ3v) is 4.08. The van der Waals surface area contributed by atoms with Gasteiger partial charge in [-0.05, 0) is 24.3 Å². The lowest BCUT2D eigenvalue weighted by molar-refractivity contribution is 0.102. The van der Waals surface area contributed by atoms with Gasteiger partial charge >= 0.3 is 0 Å². The topological polar surface area (TPSA) is 43.4 Å². The summed E-state index contributed by atoms with van der Waals surface area (Å²) in [4.78, 5) is 12.4. The van der Waals surface area contributed by atoms with E-state index in [4.69, 9.17) is 4.74 Å². The van der Waals surface area contributed by atoms with Crippen LogP contribution in [0.15, 0.2) is 53.4 Å². The van der Waals surface area contributed by atoms with Crippen molar-refractivity contribution in [1.82, 2.24) is 0 Å². The molecule has 104 valence electrons. The Morgan fingerprint density at radius 1 is 1.20 bits per heavy atom. The first-order valence-corrected chi connectivity index (χ1v) is 7.24. The summed E-state index contributed by atoms with van der Waals surface area (Å²) in [6.45, 7) is 0. The monoisotopic (exact) mass is 292 g/mol. The van der Waals surface area contributed by atoms with Gasteiger partial charge in [-0.3, -0.25) is 9.00 Å². The van der Waals surface area contributed by atoms with E-state index < -0.39 is 16.6 Å². The molecular weight excluding hydrogens is 279 g/mol. The van der Waals surface area contributed by atoms with Gasteiger partial charge in [-0.1, -0.05) is 24.3 Å². The second-order valence-corrected chi connectivity index (χ2v) is 5.49. The van der Waals surface area contributed by atoms with E-state index in [1.165, 1.54) is 25.3 Å². The van der Waals surface area contributed by atoms with Crippen LogP contribution in [0.5, 0.6) is 5.75 Å². The summed E-state index contributed by atoms with van der Waals surface area (Å²) in [5.74, 6) is -0.588. The van der Waals surface area contributed by atoms with Crippen molar-refractivity contribution in [3.63, 3.8) is 0 Å². The van der Waals surface area contributed by atoms with Gasteiger partial charge in [-0.15, -0.1) is 0 Å². The first-order valence-electron chi connectivity index (χ1n) is 5.92. The zero-order valence-electron chi connectivity index (χ0n) is 10.8. The highest BCUT2D eigenvalue weighted by Crippen LogP contribution is 2.21. The smallest absolute Gasteiger partial charge is 0.175 e. The first-order chi connectivity index (χ1) is 9.61. The molecule has 0 fully saturated rings. The van der Waals surface area contributed by atoms with E-state index in [0.717, 1.165) is 6.07 Å². The lowest BCUT2D eigenvalue weighted by Crippen LogP contribution is -2.12. The first kappa shape index (κ1) is 14.4. The summed E-state index contributed by atoms with van der Waals surface area (Å²) < 4.78 is 30.4. The Hall–Kier alpha value is -2.01. The number of hydrogen-bond donors (Lipinski definition) is 0. The minimum atomic E-state index is -1.53. The molecule has 0 N–H and O–H groups in total. The fourth-order valence-corrected chi connectivity index (χ4v) is 2.92. The molecule has 1 unspecified atom stereocenters. The molecule has 0 saturated carbocycles. The predicted molar refractivity (Wildman–Crippen MR) is 75.0 cm³/mol. The van der Waals surface area contributed by atoms with Crippen molar-refractivity contribution >= 4 is 16.6 Å². The second-order valence-electron chi connectivity index (χ2n) is 4.07. The fraction of sp³-hybridized carbons (Fsp3) is 0.133. The zero-order valence-corrected chi connectivity index (χ0v) is 11.7. The number of Topliss-reactive ketones (excluding diaryl/α,β-unsaturated/α-hetero) is 1. The minimum absolute atomic E-state index is 0.205. The van der Waals surface area contributed by atoms with E-state index in [0.29, 0.717) is 10.6 Å². The van der Waals surface area contributed by atoms with Crippen molar-refractivity contribution in [3.05, 3.63) is 59.9 Å². The molecule has 3 nitrogen and oxygen atoms in total. The van der Waals surface area contributed by atoms with Crippen molar-refractivity contribution in [2.24, 2.45) is 0 Å². The quantitative estimate of drug-likeness (QED) is 0.796. The van der Waals surface area contributed by atoms with E-state index in [9.17, 15) is 13.4 Å². The van der Waals surface area contributed by atoms with Crippen LogP contribution in [0, 0.1) is 5.82 Å². The fourth-order valence-electron chi connectivity index (χ4n) is 1.75. The highest BCUT2D eigenvalue weighted by Gasteiger charge is 2.15. The lowest BCUT2D eigenvalue weighted by Gasteiger charge is -2.07. The molecule has 2 rings (SSSR count).